The van der Waals surface area contributed by atoms with Crippen molar-refractivity contribution in [3.8, 4) is 0 Å². The number of hydrogen-bond acceptors (Lipinski definition) is 10. The van der Waals surface area contributed by atoms with Crippen LogP contribution < -0.4 is 5.73 Å². The summed E-state index contributed by atoms with van der Waals surface area (Å²) in [5.41, 5.74) is 5.88. The Morgan fingerprint density at radius 1 is 0.938 bits per heavy atom. The average Bonchev–Trinajstić information content (AvgIpc) is 2.78. The summed E-state index contributed by atoms with van der Waals surface area (Å²) in [5, 5.41) is 29.4. The summed E-state index contributed by atoms with van der Waals surface area (Å²) in [6.45, 7) is 3.21. The van der Waals surface area contributed by atoms with Crippen LogP contribution >= 0.6 is 0 Å². The molecule has 1 saturated heterocycles. The van der Waals surface area contributed by atoms with E-state index in [1.807, 2.05) is 0 Å². The fourth-order valence-electron chi connectivity index (χ4n) is 3.31. The van der Waals surface area contributed by atoms with Crippen LogP contribution in [0.3, 0.4) is 0 Å². The Hall–Kier alpha value is -1.30. The fourth-order valence-corrected chi connectivity index (χ4v) is 3.31. The van der Waals surface area contributed by atoms with E-state index in [1.54, 1.807) is 0 Å². The summed E-state index contributed by atoms with van der Waals surface area (Å²) in [7, 11) is 0. The van der Waals surface area contributed by atoms with Gasteiger partial charge in [0.1, 0.15) is 18.3 Å². The zero-order chi connectivity index (χ0) is 23.9. The summed E-state index contributed by atoms with van der Waals surface area (Å²) in [4.78, 5) is 24.2. The predicted molar refractivity (Wildman–Crippen MR) is 115 cm³/mol. The quantitative estimate of drug-likeness (QED) is 0.148. The van der Waals surface area contributed by atoms with Crippen molar-refractivity contribution in [3.05, 3.63) is 0 Å². The highest BCUT2D eigenvalue weighted by Crippen LogP contribution is 2.22. The molecule has 10 nitrogen and oxygen atoms in total. The number of hydrogen-bond donors (Lipinski definition) is 4. The van der Waals surface area contributed by atoms with E-state index in [-0.39, 0.29) is 19.4 Å². The molecule has 1 heterocycles. The maximum absolute atomic E-state index is 12.2. The van der Waals surface area contributed by atoms with Crippen molar-refractivity contribution >= 4 is 11.9 Å². The summed E-state index contributed by atoms with van der Waals surface area (Å²) >= 11 is 0. The van der Waals surface area contributed by atoms with Gasteiger partial charge in [0.25, 0.3) is 0 Å². The average molecular weight is 464 g/mol. The van der Waals surface area contributed by atoms with Crippen LogP contribution in [0.4, 0.5) is 0 Å². The number of ether oxygens (including phenoxy) is 4. The van der Waals surface area contributed by atoms with Gasteiger partial charge in [-0.1, -0.05) is 52.4 Å². The minimum atomic E-state index is -1.42. The third-order valence-corrected chi connectivity index (χ3v) is 5.33. The molecule has 0 saturated carbocycles. The molecule has 5 N–H and O–H groups in total. The molecular formula is C22H41NO9. The van der Waals surface area contributed by atoms with Gasteiger partial charge in [-0.15, -0.1) is 0 Å². The van der Waals surface area contributed by atoms with Crippen molar-refractivity contribution in [3.63, 3.8) is 0 Å². The van der Waals surface area contributed by atoms with E-state index in [9.17, 15) is 24.9 Å². The summed E-state index contributed by atoms with van der Waals surface area (Å²) in [6.07, 6.45) is 1.21. The van der Waals surface area contributed by atoms with E-state index < -0.39 is 55.5 Å². The molecule has 0 spiro atoms. The fraction of sp³-hybridized carbons (Fsp3) is 0.909. The molecule has 1 fully saturated rings. The molecule has 6 atom stereocenters. The highest BCUT2D eigenvalue weighted by molar-refractivity contribution is 5.70. The van der Waals surface area contributed by atoms with E-state index in [1.165, 1.54) is 0 Å². The van der Waals surface area contributed by atoms with Gasteiger partial charge in [0, 0.05) is 12.8 Å². The predicted octanol–water partition coefficient (Wildman–Crippen LogP) is 1.12. The van der Waals surface area contributed by atoms with Crippen molar-refractivity contribution in [2.75, 3.05) is 13.2 Å². The van der Waals surface area contributed by atoms with Crippen molar-refractivity contribution in [2.45, 2.75) is 115 Å². The monoisotopic (exact) mass is 463 g/mol. The van der Waals surface area contributed by atoms with E-state index in [4.69, 9.17) is 24.7 Å². The Morgan fingerprint density at radius 3 is 2.09 bits per heavy atom. The van der Waals surface area contributed by atoms with Crippen molar-refractivity contribution in [2.24, 2.45) is 5.73 Å². The third kappa shape index (κ3) is 10.5. The van der Waals surface area contributed by atoms with Crippen LogP contribution in [-0.2, 0) is 28.5 Å². The lowest BCUT2D eigenvalue weighted by atomic mass is 9.98. The van der Waals surface area contributed by atoms with E-state index in [2.05, 4.69) is 13.8 Å². The van der Waals surface area contributed by atoms with Gasteiger partial charge in [0.2, 0.25) is 6.29 Å². The number of unbranched alkanes of at least 4 members (excludes halogenated alkanes) is 6. The molecule has 0 aromatic heterocycles. The minimum Gasteiger partial charge on any atom is -0.459 e. The van der Waals surface area contributed by atoms with Crippen LogP contribution in [0.25, 0.3) is 0 Å². The molecule has 0 aliphatic carbocycles. The van der Waals surface area contributed by atoms with Crippen LogP contribution in [0.5, 0.6) is 0 Å². The lowest BCUT2D eigenvalue weighted by Crippen LogP contribution is -2.63. The summed E-state index contributed by atoms with van der Waals surface area (Å²) in [5.74, 6) is -0.958. The SMILES string of the molecule is CCCCCCC(=O)OCC(OC(=O)CCCCCC)O[C@@H]1OC(CO)[C@H](O)C(O)C1N. The van der Waals surface area contributed by atoms with Gasteiger partial charge in [0.05, 0.1) is 12.6 Å². The first-order valence-electron chi connectivity index (χ1n) is 11.7. The Balaban J connectivity index is 2.67. The van der Waals surface area contributed by atoms with E-state index >= 15 is 0 Å². The number of esters is 2. The van der Waals surface area contributed by atoms with Gasteiger partial charge < -0.3 is 40.0 Å². The molecule has 0 amide bonds. The van der Waals surface area contributed by atoms with Gasteiger partial charge in [-0.2, -0.15) is 0 Å². The van der Waals surface area contributed by atoms with Gasteiger partial charge in [-0.05, 0) is 12.8 Å². The van der Waals surface area contributed by atoms with E-state index in [0.29, 0.717) is 12.8 Å². The molecule has 0 bridgehead atoms. The van der Waals surface area contributed by atoms with Gasteiger partial charge >= 0.3 is 11.9 Å². The Labute approximate surface area is 190 Å². The zero-order valence-corrected chi connectivity index (χ0v) is 19.3. The standard InChI is InChI=1S/C22H41NO9/c1-3-5-7-9-11-16(25)29-14-18(31-17(26)12-10-8-6-4-2)32-22-19(23)21(28)20(27)15(13-24)30-22/h15,18-22,24,27-28H,3-14,23H2,1-2H3/t15?,18?,19?,20-,21?,22-/m0/s1. The van der Waals surface area contributed by atoms with Crippen molar-refractivity contribution < 1.29 is 43.9 Å². The minimum absolute atomic E-state index is 0.184. The molecule has 188 valence electrons. The van der Waals surface area contributed by atoms with Crippen molar-refractivity contribution in [1.29, 1.82) is 0 Å². The molecule has 1 aliphatic rings. The number of aliphatic hydroxyl groups excluding tert-OH is 3. The largest absolute Gasteiger partial charge is 0.459 e. The highest BCUT2D eigenvalue weighted by atomic mass is 16.8. The van der Waals surface area contributed by atoms with Crippen LogP contribution in [0.2, 0.25) is 0 Å². The number of rotatable bonds is 16. The lowest BCUT2D eigenvalue weighted by Gasteiger charge is -2.41. The molecule has 0 aromatic carbocycles. The number of nitrogens with two attached hydrogens (primary N) is 1. The van der Waals surface area contributed by atoms with Gasteiger partial charge in [-0.25, -0.2) is 0 Å². The van der Waals surface area contributed by atoms with Crippen LogP contribution in [0.1, 0.15) is 78.1 Å². The second-order valence-electron chi connectivity index (χ2n) is 8.14. The van der Waals surface area contributed by atoms with Crippen LogP contribution in [0, 0.1) is 0 Å². The maximum Gasteiger partial charge on any atom is 0.308 e. The van der Waals surface area contributed by atoms with Crippen molar-refractivity contribution in [1.82, 2.24) is 0 Å². The van der Waals surface area contributed by atoms with Crippen LogP contribution in [-0.4, -0.2) is 77.4 Å². The number of aliphatic hydroxyl groups is 3. The summed E-state index contributed by atoms with van der Waals surface area (Å²) in [6, 6.07) is -1.16. The molecule has 0 radical (unpaired) electrons. The zero-order valence-electron chi connectivity index (χ0n) is 19.3. The van der Waals surface area contributed by atoms with Gasteiger partial charge in [0.15, 0.2) is 12.9 Å². The molecule has 0 aromatic rings. The second kappa shape index (κ2) is 16.3. The molecule has 1 rings (SSSR count). The molecular weight excluding hydrogens is 422 g/mol. The topological polar surface area (TPSA) is 158 Å². The van der Waals surface area contributed by atoms with Gasteiger partial charge in [-0.3, -0.25) is 9.59 Å². The van der Waals surface area contributed by atoms with E-state index in [0.717, 1.165) is 38.5 Å². The molecule has 32 heavy (non-hydrogen) atoms. The first-order chi connectivity index (χ1) is 15.3. The smallest absolute Gasteiger partial charge is 0.308 e. The molecule has 1 aliphatic heterocycles. The normalized spacial score (nSPS) is 26.5. The van der Waals surface area contributed by atoms with Crippen LogP contribution in [0.15, 0.2) is 0 Å². The second-order valence-corrected chi connectivity index (χ2v) is 8.14. The number of carbonyl (C=O) groups is 2. The Bertz CT molecular complexity index is 532. The lowest BCUT2D eigenvalue weighted by molar-refractivity contribution is -0.309. The number of carbonyl (C=O) groups excluding carboxylic acids is 2. The first kappa shape index (κ1) is 28.7. The Kier molecular flexibility index (Phi) is 14.7. The maximum atomic E-state index is 12.2. The molecule has 4 unspecified atom stereocenters. The third-order valence-electron chi connectivity index (χ3n) is 5.33. The summed E-state index contributed by atoms with van der Waals surface area (Å²) < 4.78 is 21.5. The first-order valence-corrected chi connectivity index (χ1v) is 11.7. The Morgan fingerprint density at radius 2 is 1.53 bits per heavy atom. The molecule has 10 heteroatoms. The highest BCUT2D eigenvalue weighted by Gasteiger charge is 2.44.